The van der Waals surface area contributed by atoms with Crippen LogP contribution in [0.3, 0.4) is 0 Å². The van der Waals surface area contributed by atoms with Gasteiger partial charge in [0.1, 0.15) is 32.2 Å². The molecular weight excluding hydrogens is 390 g/mol. The Morgan fingerprint density at radius 3 is 2.16 bits per heavy atom. The van der Waals surface area contributed by atoms with Crippen molar-refractivity contribution < 1.29 is 19.4 Å². The number of rotatable bonds is 6. The predicted molar refractivity (Wildman–Crippen MR) is 123 cm³/mol. The van der Waals surface area contributed by atoms with Crippen molar-refractivity contribution in [2.24, 2.45) is 0 Å². The van der Waals surface area contributed by atoms with E-state index >= 15 is 0 Å². The Morgan fingerprint density at radius 1 is 0.968 bits per heavy atom. The van der Waals surface area contributed by atoms with Crippen LogP contribution < -0.4 is 25.3 Å². The van der Waals surface area contributed by atoms with Crippen molar-refractivity contribution in [2.45, 2.75) is 50.6 Å². The number of quaternary nitrogens is 2. The average Bonchev–Trinajstić information content (AvgIpc) is 3.04. The highest BCUT2D eigenvalue weighted by molar-refractivity contribution is 6.35. The lowest BCUT2D eigenvalue weighted by atomic mass is 10.0. The Morgan fingerprint density at radius 2 is 1.58 bits per heavy atom. The molecule has 0 bridgehead atoms. The molecule has 1 aromatic carbocycles. The van der Waals surface area contributed by atoms with Gasteiger partial charge < -0.3 is 25.3 Å². The first-order valence-corrected chi connectivity index (χ1v) is 12.0. The van der Waals surface area contributed by atoms with Crippen LogP contribution in [0.15, 0.2) is 24.3 Å². The van der Waals surface area contributed by atoms with Gasteiger partial charge in [0.25, 0.3) is 0 Å². The molecule has 1 saturated heterocycles. The summed E-state index contributed by atoms with van der Waals surface area (Å²) in [4.78, 5) is 30.2. The summed E-state index contributed by atoms with van der Waals surface area (Å²) in [6, 6.07) is 8.87. The molecule has 1 saturated carbocycles. The number of amides is 2. The molecule has 2 aliphatic rings. The van der Waals surface area contributed by atoms with Gasteiger partial charge in [-0.15, -0.1) is 0 Å². The fourth-order valence-electron chi connectivity index (χ4n) is 4.80. The summed E-state index contributed by atoms with van der Waals surface area (Å²) < 4.78 is 0. The van der Waals surface area contributed by atoms with E-state index in [1.54, 1.807) is 4.90 Å². The van der Waals surface area contributed by atoms with Gasteiger partial charge in [0, 0.05) is 31.4 Å². The largest absolute Gasteiger partial charge is 0.378 e. The quantitative estimate of drug-likeness (QED) is 0.351. The van der Waals surface area contributed by atoms with E-state index in [-0.39, 0.29) is 12.1 Å². The summed E-state index contributed by atoms with van der Waals surface area (Å²) in [6.45, 7) is 4.86. The van der Waals surface area contributed by atoms with Crippen LogP contribution in [0, 0.1) is 0 Å². The monoisotopic (exact) mass is 431 g/mol. The number of likely N-dealkylation sites (N-methyl/N-ethyl adjacent to an activating group) is 1. The number of nitrogens with zero attached hydrogens (tertiary/aromatic N) is 1. The minimum absolute atomic E-state index is 0.140. The first-order chi connectivity index (χ1) is 14.9. The third-order valence-corrected chi connectivity index (χ3v) is 6.91. The number of anilines is 1. The van der Waals surface area contributed by atoms with E-state index in [1.807, 2.05) is 14.1 Å². The van der Waals surface area contributed by atoms with E-state index in [0.29, 0.717) is 6.54 Å². The van der Waals surface area contributed by atoms with E-state index in [9.17, 15) is 9.59 Å². The summed E-state index contributed by atoms with van der Waals surface area (Å²) in [6.07, 6.45) is 6.67. The Balaban J connectivity index is 1.62. The van der Waals surface area contributed by atoms with Crippen molar-refractivity contribution >= 4 is 17.5 Å². The lowest BCUT2D eigenvalue weighted by Crippen LogP contribution is -3.27. The number of hydrogen-bond donors (Lipinski definition) is 4. The van der Waals surface area contributed by atoms with Gasteiger partial charge in [-0.1, -0.05) is 37.8 Å². The SMILES string of the molecule is CN(C)c1ccc([C@@H](CNC(=O)C(=O)NC2CCCCCC2)[NH+]2CC[NH+](C)CC2)cc1. The lowest BCUT2D eigenvalue weighted by Gasteiger charge is -2.33. The van der Waals surface area contributed by atoms with Gasteiger partial charge >= 0.3 is 11.8 Å². The summed E-state index contributed by atoms with van der Waals surface area (Å²) >= 11 is 0. The number of carbonyl (C=O) groups excluding carboxylic acids is 2. The Kier molecular flexibility index (Phi) is 8.72. The molecule has 2 fully saturated rings. The first-order valence-electron chi connectivity index (χ1n) is 12.0. The van der Waals surface area contributed by atoms with Crippen molar-refractivity contribution in [3.05, 3.63) is 29.8 Å². The third kappa shape index (κ3) is 6.94. The molecule has 172 valence electrons. The van der Waals surface area contributed by atoms with Gasteiger partial charge in [0.15, 0.2) is 0 Å². The number of carbonyl (C=O) groups is 2. The molecular formula is C24H41N5O2+2. The van der Waals surface area contributed by atoms with Crippen molar-refractivity contribution in [3.8, 4) is 0 Å². The molecule has 4 N–H and O–H groups in total. The molecule has 0 spiro atoms. The number of hydrogen-bond acceptors (Lipinski definition) is 3. The van der Waals surface area contributed by atoms with Crippen molar-refractivity contribution in [1.29, 1.82) is 0 Å². The first kappa shape index (κ1) is 23.5. The second-order valence-electron chi connectivity index (χ2n) is 9.53. The van der Waals surface area contributed by atoms with E-state index in [0.717, 1.165) is 57.5 Å². The van der Waals surface area contributed by atoms with Crippen LogP contribution in [0.5, 0.6) is 0 Å². The standard InChI is InChI=1S/C24H39N5O2/c1-27(2)21-12-10-19(11-13-21)22(29-16-14-28(3)15-17-29)18-25-23(30)24(31)26-20-8-6-4-5-7-9-20/h10-13,20,22H,4-9,14-18H2,1-3H3,(H,25,30)(H,26,31)/p+2/t22-/m1/s1. The molecule has 3 rings (SSSR count). The van der Waals surface area contributed by atoms with E-state index < -0.39 is 11.8 Å². The normalized spacial score (nSPS) is 23.5. The predicted octanol–water partition coefficient (Wildman–Crippen LogP) is -0.838. The molecule has 0 unspecified atom stereocenters. The maximum Gasteiger partial charge on any atom is 0.309 e. The zero-order valence-corrected chi connectivity index (χ0v) is 19.5. The number of nitrogens with one attached hydrogen (secondary N) is 4. The second-order valence-corrected chi connectivity index (χ2v) is 9.53. The van der Waals surface area contributed by atoms with Gasteiger partial charge in [-0.25, -0.2) is 0 Å². The maximum atomic E-state index is 12.6. The Bertz CT molecular complexity index is 705. The zero-order chi connectivity index (χ0) is 22.2. The smallest absolute Gasteiger partial charge is 0.309 e. The van der Waals surface area contributed by atoms with Gasteiger partial charge in [0.05, 0.1) is 13.6 Å². The summed E-state index contributed by atoms with van der Waals surface area (Å²) in [5.41, 5.74) is 2.37. The number of piperazine rings is 1. The number of benzene rings is 1. The van der Waals surface area contributed by atoms with Crippen LogP contribution in [0.4, 0.5) is 5.69 Å². The average molecular weight is 432 g/mol. The van der Waals surface area contributed by atoms with Crippen molar-refractivity contribution in [1.82, 2.24) is 10.6 Å². The van der Waals surface area contributed by atoms with E-state index in [1.165, 1.54) is 23.3 Å². The molecule has 1 atom stereocenters. The molecule has 31 heavy (non-hydrogen) atoms. The highest BCUT2D eigenvalue weighted by atomic mass is 16.2. The van der Waals surface area contributed by atoms with Crippen molar-refractivity contribution in [2.75, 3.05) is 58.8 Å². The lowest BCUT2D eigenvalue weighted by molar-refractivity contribution is -1.02. The topological polar surface area (TPSA) is 70.3 Å². The van der Waals surface area contributed by atoms with E-state index in [2.05, 4.69) is 46.8 Å². The van der Waals surface area contributed by atoms with E-state index in [4.69, 9.17) is 0 Å². The van der Waals surface area contributed by atoms with Gasteiger partial charge in [-0.05, 0) is 25.0 Å². The van der Waals surface area contributed by atoms with Gasteiger partial charge in [-0.3, -0.25) is 9.59 Å². The summed E-state index contributed by atoms with van der Waals surface area (Å²) in [5.74, 6) is -0.982. The molecule has 1 aliphatic heterocycles. The van der Waals surface area contributed by atoms with Crippen LogP contribution in [-0.2, 0) is 9.59 Å². The Labute approximate surface area is 187 Å². The molecule has 0 radical (unpaired) electrons. The van der Waals surface area contributed by atoms with Crippen LogP contribution >= 0.6 is 0 Å². The van der Waals surface area contributed by atoms with Crippen molar-refractivity contribution in [3.63, 3.8) is 0 Å². The van der Waals surface area contributed by atoms with Gasteiger partial charge in [0.2, 0.25) is 0 Å². The highest BCUT2D eigenvalue weighted by Gasteiger charge is 2.30. The van der Waals surface area contributed by atoms with Crippen LogP contribution in [0.2, 0.25) is 0 Å². The molecule has 1 aromatic rings. The summed E-state index contributed by atoms with van der Waals surface area (Å²) in [5, 5.41) is 5.90. The van der Waals surface area contributed by atoms with Crippen LogP contribution in [-0.4, -0.2) is 71.7 Å². The minimum Gasteiger partial charge on any atom is -0.378 e. The third-order valence-electron chi connectivity index (χ3n) is 6.91. The molecule has 7 heteroatoms. The molecule has 7 nitrogen and oxygen atoms in total. The highest BCUT2D eigenvalue weighted by Crippen LogP contribution is 2.18. The fraction of sp³-hybridized carbons (Fsp3) is 0.667. The van der Waals surface area contributed by atoms with Crippen LogP contribution in [0.1, 0.15) is 50.1 Å². The minimum atomic E-state index is -0.502. The van der Waals surface area contributed by atoms with Crippen LogP contribution in [0.25, 0.3) is 0 Å². The zero-order valence-electron chi connectivity index (χ0n) is 19.5. The fourth-order valence-corrected chi connectivity index (χ4v) is 4.80. The summed E-state index contributed by atoms with van der Waals surface area (Å²) in [7, 11) is 6.31. The molecule has 1 heterocycles. The van der Waals surface area contributed by atoms with Gasteiger partial charge in [-0.2, -0.15) is 0 Å². The second kappa shape index (κ2) is 11.5. The maximum absolute atomic E-state index is 12.6. The molecule has 2 amide bonds. The molecule has 0 aromatic heterocycles. The molecule has 1 aliphatic carbocycles. The Hall–Kier alpha value is -2.12.